The third-order valence-corrected chi connectivity index (χ3v) is 11.9. The quantitative estimate of drug-likeness (QED) is 0.171. The predicted molar refractivity (Wildman–Crippen MR) is 216 cm³/mol. The number of nitrogens with zero attached hydrogens (tertiary/aromatic N) is 7. The predicted octanol–water partition coefficient (Wildman–Crippen LogP) is 3.75. The normalized spacial score (nSPS) is 20.1. The van der Waals surface area contributed by atoms with Crippen LogP contribution in [0.1, 0.15) is 84.7 Å². The van der Waals surface area contributed by atoms with Gasteiger partial charge in [0.05, 0.1) is 35.6 Å². The fourth-order valence-corrected chi connectivity index (χ4v) is 8.69. The lowest BCUT2D eigenvalue weighted by Gasteiger charge is -2.38. The Hall–Kier alpha value is -5.77. The van der Waals surface area contributed by atoms with Gasteiger partial charge in [0.25, 0.3) is 11.8 Å². The maximum atomic E-state index is 13.2. The van der Waals surface area contributed by atoms with E-state index in [1.165, 1.54) is 19.7 Å². The first-order valence-corrected chi connectivity index (χ1v) is 20.2. The zero-order valence-electron chi connectivity index (χ0n) is 32.4. The van der Waals surface area contributed by atoms with Crippen molar-refractivity contribution in [2.24, 2.45) is 5.92 Å². The zero-order valence-corrected chi connectivity index (χ0v) is 32.4. The van der Waals surface area contributed by atoms with E-state index < -0.39 is 17.9 Å². The summed E-state index contributed by atoms with van der Waals surface area (Å²) in [6, 6.07) is 10.9. The van der Waals surface area contributed by atoms with Crippen LogP contribution in [0, 0.1) is 5.92 Å². The van der Waals surface area contributed by atoms with Crippen LogP contribution in [-0.2, 0) is 9.59 Å². The SMILES string of the molecule is COc1cc(N2CCC(CN3CCC(n4cc5cc(NC(=O)c6ccnc(N)n6)c(N6CCCCC6)cc5n4)CC3)CC2)ccc1C(=O)N[C@@H]1CCC(=O)NC1=O. The van der Waals surface area contributed by atoms with Crippen molar-refractivity contribution in [1.29, 1.82) is 0 Å². The minimum Gasteiger partial charge on any atom is -0.496 e. The first-order valence-electron chi connectivity index (χ1n) is 20.2. The number of hydrogen-bond acceptors (Lipinski definition) is 12. The van der Waals surface area contributed by atoms with Crippen molar-refractivity contribution in [3.05, 3.63) is 60.0 Å². The highest BCUT2D eigenvalue weighted by Gasteiger charge is 2.30. The summed E-state index contributed by atoms with van der Waals surface area (Å²) in [5.41, 5.74) is 10.00. The molecule has 4 aliphatic rings. The molecule has 0 aliphatic carbocycles. The van der Waals surface area contributed by atoms with Crippen LogP contribution < -0.4 is 36.2 Å². The molecule has 8 rings (SSSR count). The van der Waals surface area contributed by atoms with Crippen LogP contribution in [0.4, 0.5) is 23.0 Å². The number of imide groups is 1. The third kappa shape index (κ3) is 8.65. The Morgan fingerprint density at radius 2 is 1.70 bits per heavy atom. The topological polar surface area (TPSA) is 193 Å². The number of carbonyl (C=O) groups excluding carboxylic acids is 4. The summed E-state index contributed by atoms with van der Waals surface area (Å²) in [5.74, 6) is -0.417. The molecule has 300 valence electrons. The summed E-state index contributed by atoms with van der Waals surface area (Å²) >= 11 is 0. The molecule has 2 aromatic heterocycles. The molecule has 4 amide bonds. The molecule has 5 N–H and O–H groups in total. The molecule has 4 saturated heterocycles. The Morgan fingerprint density at radius 3 is 2.44 bits per heavy atom. The Kier molecular flexibility index (Phi) is 11.2. The lowest BCUT2D eigenvalue weighted by atomic mass is 9.94. The van der Waals surface area contributed by atoms with Crippen molar-refractivity contribution in [3.8, 4) is 5.75 Å². The van der Waals surface area contributed by atoms with Crippen molar-refractivity contribution in [2.75, 3.05) is 73.8 Å². The van der Waals surface area contributed by atoms with Crippen molar-refractivity contribution < 1.29 is 23.9 Å². The Labute approximate surface area is 331 Å². The lowest BCUT2D eigenvalue weighted by molar-refractivity contribution is -0.134. The number of anilines is 4. The number of ether oxygens (including phenoxy) is 1. The largest absolute Gasteiger partial charge is 0.496 e. The van der Waals surface area contributed by atoms with Gasteiger partial charge in [-0.2, -0.15) is 5.10 Å². The first-order chi connectivity index (χ1) is 27.7. The molecule has 4 fully saturated rings. The number of nitrogen functional groups attached to an aromatic ring is 1. The van der Waals surface area contributed by atoms with Gasteiger partial charge in [-0.3, -0.25) is 29.2 Å². The summed E-state index contributed by atoms with van der Waals surface area (Å²) in [6.07, 6.45) is 11.7. The van der Waals surface area contributed by atoms with Gasteiger partial charge >= 0.3 is 0 Å². The molecule has 4 aliphatic heterocycles. The zero-order chi connectivity index (χ0) is 39.5. The molecule has 0 bridgehead atoms. The second kappa shape index (κ2) is 16.8. The Balaban J connectivity index is 0.852. The number of amides is 4. The molecule has 0 spiro atoms. The second-order valence-corrected chi connectivity index (χ2v) is 15.7. The van der Waals surface area contributed by atoms with Gasteiger partial charge in [0.2, 0.25) is 17.8 Å². The molecule has 0 saturated carbocycles. The van der Waals surface area contributed by atoms with Gasteiger partial charge in [-0.15, -0.1) is 0 Å². The first kappa shape index (κ1) is 38.1. The van der Waals surface area contributed by atoms with E-state index in [9.17, 15) is 19.2 Å². The number of hydrogen-bond donors (Lipinski definition) is 4. The standard InChI is InChI=1S/C41H51N11O5/c1-57-36-22-29(5-6-30(36)38(54)44-31-7-8-37(53)47-40(31)56)50-19-10-26(11-20-50)24-49-17-12-28(13-18-49)52-25-27-21-34(45-39(55)32-9-14-43-41(42)46-32)35(23-33(27)48-52)51-15-3-2-4-16-51/h5-6,9,14,21-23,25-26,28,31H,2-4,7-8,10-13,15-20,24H2,1H3,(H,44,54)(H,45,55)(H2,42,43,46)(H,47,53,56)/t31-/m1/s1. The summed E-state index contributed by atoms with van der Waals surface area (Å²) in [7, 11) is 1.54. The molecule has 6 heterocycles. The van der Waals surface area contributed by atoms with Crippen LogP contribution in [0.25, 0.3) is 10.9 Å². The lowest BCUT2D eigenvalue weighted by Crippen LogP contribution is -2.52. The molecule has 4 aromatic rings. The van der Waals surface area contributed by atoms with Gasteiger partial charge in [0.15, 0.2) is 0 Å². The Bertz CT molecular complexity index is 2130. The van der Waals surface area contributed by atoms with Gasteiger partial charge < -0.3 is 35.8 Å². The number of likely N-dealkylation sites (tertiary alicyclic amines) is 1. The molecule has 2 aromatic carbocycles. The highest BCUT2D eigenvalue weighted by molar-refractivity contribution is 6.07. The van der Waals surface area contributed by atoms with Gasteiger partial charge in [0, 0.05) is 81.8 Å². The maximum Gasteiger partial charge on any atom is 0.274 e. The van der Waals surface area contributed by atoms with E-state index in [1.54, 1.807) is 12.1 Å². The molecule has 57 heavy (non-hydrogen) atoms. The monoisotopic (exact) mass is 777 g/mol. The molecule has 1 atom stereocenters. The highest BCUT2D eigenvalue weighted by atomic mass is 16.5. The van der Waals surface area contributed by atoms with E-state index in [2.05, 4.69) is 57.6 Å². The summed E-state index contributed by atoms with van der Waals surface area (Å²) < 4.78 is 7.73. The molecule has 0 unspecified atom stereocenters. The minimum atomic E-state index is -0.748. The molecule has 16 nitrogen and oxygen atoms in total. The van der Waals surface area contributed by atoms with E-state index in [0.29, 0.717) is 23.3 Å². The number of rotatable bonds is 10. The number of benzene rings is 2. The van der Waals surface area contributed by atoms with E-state index in [4.69, 9.17) is 15.6 Å². The fourth-order valence-electron chi connectivity index (χ4n) is 8.69. The van der Waals surface area contributed by atoms with Gasteiger partial charge in [0.1, 0.15) is 17.5 Å². The maximum absolute atomic E-state index is 13.2. The molecule has 0 radical (unpaired) electrons. The van der Waals surface area contributed by atoms with Crippen LogP contribution >= 0.6 is 0 Å². The second-order valence-electron chi connectivity index (χ2n) is 15.7. The van der Waals surface area contributed by atoms with Gasteiger partial charge in [-0.1, -0.05) is 0 Å². The van der Waals surface area contributed by atoms with Crippen LogP contribution in [0.2, 0.25) is 0 Å². The minimum absolute atomic E-state index is 0.0626. The van der Waals surface area contributed by atoms with Crippen LogP contribution in [0.3, 0.4) is 0 Å². The number of carbonyl (C=O) groups is 4. The average molecular weight is 778 g/mol. The van der Waals surface area contributed by atoms with E-state index in [-0.39, 0.29) is 36.3 Å². The van der Waals surface area contributed by atoms with Crippen molar-refractivity contribution in [2.45, 2.75) is 69.9 Å². The van der Waals surface area contributed by atoms with E-state index >= 15 is 0 Å². The third-order valence-electron chi connectivity index (χ3n) is 11.9. The summed E-state index contributed by atoms with van der Waals surface area (Å²) in [4.78, 5) is 65.2. The van der Waals surface area contributed by atoms with E-state index in [0.717, 1.165) is 112 Å². The number of fused-ring (bicyclic) bond motifs is 1. The molecular weight excluding hydrogens is 727 g/mol. The number of piperidine rings is 4. The van der Waals surface area contributed by atoms with Crippen LogP contribution in [-0.4, -0.2) is 107 Å². The van der Waals surface area contributed by atoms with Crippen molar-refractivity contribution in [3.63, 3.8) is 0 Å². The van der Waals surface area contributed by atoms with Crippen LogP contribution in [0.15, 0.2) is 48.8 Å². The van der Waals surface area contributed by atoms with Crippen LogP contribution in [0.5, 0.6) is 5.75 Å². The number of aromatic nitrogens is 4. The smallest absolute Gasteiger partial charge is 0.274 e. The fraction of sp³-hybridized carbons (Fsp3) is 0.488. The number of methoxy groups -OCH3 is 1. The van der Waals surface area contributed by atoms with Crippen molar-refractivity contribution >= 4 is 57.5 Å². The van der Waals surface area contributed by atoms with E-state index in [1.807, 2.05) is 18.2 Å². The molecule has 16 heteroatoms. The molecular formula is C41H51N11O5. The highest BCUT2D eigenvalue weighted by Crippen LogP contribution is 2.35. The Morgan fingerprint density at radius 1 is 0.912 bits per heavy atom. The van der Waals surface area contributed by atoms with Gasteiger partial charge in [-0.25, -0.2) is 9.97 Å². The van der Waals surface area contributed by atoms with Crippen molar-refractivity contribution in [1.82, 2.24) is 35.3 Å². The summed E-state index contributed by atoms with van der Waals surface area (Å²) in [5, 5.41) is 14.2. The number of nitrogens with two attached hydrogens (primary N) is 1. The summed E-state index contributed by atoms with van der Waals surface area (Å²) in [6.45, 7) is 6.81. The number of nitrogens with one attached hydrogen (secondary N) is 3. The average Bonchev–Trinajstić information content (AvgIpc) is 3.65. The van der Waals surface area contributed by atoms with Gasteiger partial charge in [-0.05, 0) is 87.6 Å².